The molecule has 1 amide bonds. The predicted molar refractivity (Wildman–Crippen MR) is 74.3 cm³/mol. The summed E-state index contributed by atoms with van der Waals surface area (Å²) in [5.41, 5.74) is 7.65. The summed E-state index contributed by atoms with van der Waals surface area (Å²) < 4.78 is 5.26. The molecule has 0 saturated heterocycles. The number of amides is 1. The van der Waals surface area contributed by atoms with Crippen LogP contribution < -0.4 is 11.1 Å². The van der Waals surface area contributed by atoms with Crippen molar-refractivity contribution in [1.29, 1.82) is 0 Å². The van der Waals surface area contributed by atoms with Gasteiger partial charge in [0.25, 0.3) is 5.91 Å². The minimum absolute atomic E-state index is 0.0471. The minimum atomic E-state index is -0.246. The van der Waals surface area contributed by atoms with E-state index < -0.39 is 0 Å². The van der Waals surface area contributed by atoms with Crippen LogP contribution in [0.4, 0.5) is 5.69 Å². The molecule has 106 valence electrons. The summed E-state index contributed by atoms with van der Waals surface area (Å²) >= 11 is 0. The van der Waals surface area contributed by atoms with E-state index >= 15 is 0 Å². The SMILES string of the molecule is CC(Cc1ccco1)NC(=O)c1n[nH]c(C2CC2)c1N. The van der Waals surface area contributed by atoms with Gasteiger partial charge >= 0.3 is 0 Å². The van der Waals surface area contributed by atoms with Crippen molar-refractivity contribution in [3.05, 3.63) is 35.5 Å². The monoisotopic (exact) mass is 274 g/mol. The molecule has 1 aliphatic carbocycles. The van der Waals surface area contributed by atoms with Gasteiger partial charge in [-0.15, -0.1) is 0 Å². The van der Waals surface area contributed by atoms with Crippen molar-refractivity contribution >= 4 is 11.6 Å². The Morgan fingerprint density at radius 1 is 1.65 bits per heavy atom. The van der Waals surface area contributed by atoms with Crippen LogP contribution in [0.2, 0.25) is 0 Å². The minimum Gasteiger partial charge on any atom is -0.469 e. The second-order valence-electron chi connectivity index (χ2n) is 5.33. The molecule has 1 saturated carbocycles. The maximum Gasteiger partial charge on any atom is 0.274 e. The van der Waals surface area contributed by atoms with Gasteiger partial charge in [-0.05, 0) is 31.9 Å². The Morgan fingerprint density at radius 3 is 3.10 bits per heavy atom. The van der Waals surface area contributed by atoms with Gasteiger partial charge in [0.05, 0.1) is 17.6 Å². The molecule has 2 aromatic heterocycles. The zero-order valence-electron chi connectivity index (χ0n) is 11.3. The van der Waals surface area contributed by atoms with Gasteiger partial charge in [0.15, 0.2) is 5.69 Å². The third-order valence-corrected chi connectivity index (χ3v) is 3.50. The fourth-order valence-corrected chi connectivity index (χ4v) is 2.29. The van der Waals surface area contributed by atoms with Gasteiger partial charge < -0.3 is 15.5 Å². The number of aromatic nitrogens is 2. The summed E-state index contributed by atoms with van der Waals surface area (Å²) in [6.07, 6.45) is 4.49. The highest BCUT2D eigenvalue weighted by Crippen LogP contribution is 2.42. The van der Waals surface area contributed by atoms with Gasteiger partial charge in [-0.25, -0.2) is 0 Å². The Labute approximate surface area is 116 Å². The normalized spacial score (nSPS) is 16.1. The van der Waals surface area contributed by atoms with Gasteiger partial charge in [0.1, 0.15) is 5.76 Å². The molecule has 1 fully saturated rings. The van der Waals surface area contributed by atoms with Gasteiger partial charge in [-0.2, -0.15) is 5.10 Å². The van der Waals surface area contributed by atoms with Crippen LogP contribution in [0.25, 0.3) is 0 Å². The van der Waals surface area contributed by atoms with E-state index in [1.165, 1.54) is 0 Å². The molecule has 0 aliphatic heterocycles. The number of nitrogens with one attached hydrogen (secondary N) is 2. The molecule has 6 nitrogen and oxygen atoms in total. The number of furan rings is 1. The highest BCUT2D eigenvalue weighted by Gasteiger charge is 2.30. The van der Waals surface area contributed by atoms with Crippen LogP contribution in [-0.4, -0.2) is 22.1 Å². The summed E-state index contributed by atoms with van der Waals surface area (Å²) in [4.78, 5) is 12.2. The molecule has 0 aromatic carbocycles. The molecule has 4 N–H and O–H groups in total. The Kier molecular flexibility index (Phi) is 3.22. The number of nitrogens with two attached hydrogens (primary N) is 1. The first-order chi connectivity index (χ1) is 9.65. The molecule has 2 aromatic rings. The van der Waals surface area contributed by atoms with Crippen LogP contribution in [-0.2, 0) is 6.42 Å². The van der Waals surface area contributed by atoms with E-state index in [0.717, 1.165) is 24.3 Å². The van der Waals surface area contributed by atoms with E-state index in [4.69, 9.17) is 10.2 Å². The van der Waals surface area contributed by atoms with E-state index in [1.54, 1.807) is 6.26 Å². The zero-order chi connectivity index (χ0) is 14.1. The Balaban J connectivity index is 1.63. The van der Waals surface area contributed by atoms with Crippen molar-refractivity contribution < 1.29 is 9.21 Å². The fraction of sp³-hybridized carbons (Fsp3) is 0.429. The van der Waals surface area contributed by atoms with Gasteiger partial charge in [0, 0.05) is 18.4 Å². The number of carbonyl (C=O) groups excluding carboxylic acids is 1. The lowest BCUT2D eigenvalue weighted by Crippen LogP contribution is -2.34. The lowest BCUT2D eigenvalue weighted by Gasteiger charge is -2.11. The zero-order valence-corrected chi connectivity index (χ0v) is 11.3. The lowest BCUT2D eigenvalue weighted by molar-refractivity contribution is 0.0935. The fourth-order valence-electron chi connectivity index (χ4n) is 2.29. The summed E-state index contributed by atoms with van der Waals surface area (Å²) in [7, 11) is 0. The molecule has 1 atom stereocenters. The predicted octanol–water partition coefficient (Wildman–Crippen LogP) is 1.82. The topological polar surface area (TPSA) is 96.9 Å². The maximum absolute atomic E-state index is 12.2. The van der Waals surface area contributed by atoms with Gasteiger partial charge in [0.2, 0.25) is 0 Å². The first-order valence-electron chi connectivity index (χ1n) is 6.82. The van der Waals surface area contributed by atoms with Gasteiger partial charge in [-0.3, -0.25) is 9.89 Å². The Morgan fingerprint density at radius 2 is 2.45 bits per heavy atom. The number of nitrogens with zero attached hydrogens (tertiary/aromatic N) is 1. The van der Waals surface area contributed by atoms with Crippen molar-refractivity contribution in [2.24, 2.45) is 0 Å². The van der Waals surface area contributed by atoms with Crippen molar-refractivity contribution in [2.75, 3.05) is 5.73 Å². The maximum atomic E-state index is 12.2. The number of H-pyrrole nitrogens is 1. The van der Waals surface area contributed by atoms with Crippen molar-refractivity contribution in [1.82, 2.24) is 15.5 Å². The quantitative estimate of drug-likeness (QED) is 0.774. The second kappa shape index (κ2) is 5.03. The van der Waals surface area contributed by atoms with E-state index in [0.29, 0.717) is 18.0 Å². The molecule has 3 rings (SSSR count). The summed E-state index contributed by atoms with van der Waals surface area (Å²) in [5, 5.41) is 9.81. The summed E-state index contributed by atoms with van der Waals surface area (Å²) in [6, 6.07) is 3.67. The molecule has 0 radical (unpaired) electrons. The largest absolute Gasteiger partial charge is 0.469 e. The molecule has 20 heavy (non-hydrogen) atoms. The molecule has 6 heteroatoms. The van der Waals surface area contributed by atoms with Crippen molar-refractivity contribution in [3.8, 4) is 0 Å². The number of aromatic amines is 1. The molecule has 1 unspecified atom stereocenters. The Bertz CT molecular complexity index is 599. The van der Waals surface area contributed by atoms with E-state index in [2.05, 4.69) is 15.5 Å². The standard InChI is InChI=1S/C14H18N4O2/c1-8(7-10-3-2-6-20-10)16-14(19)13-11(15)12(17-18-13)9-4-5-9/h2-3,6,8-9H,4-5,7,15H2,1H3,(H,16,19)(H,17,18). The van der Waals surface area contributed by atoms with Crippen molar-refractivity contribution in [3.63, 3.8) is 0 Å². The smallest absolute Gasteiger partial charge is 0.274 e. The number of anilines is 1. The van der Waals surface area contributed by atoms with Crippen LogP contribution in [0.5, 0.6) is 0 Å². The number of hydrogen-bond acceptors (Lipinski definition) is 4. The van der Waals surface area contributed by atoms with Crippen molar-refractivity contribution in [2.45, 2.75) is 38.1 Å². The molecule has 0 bridgehead atoms. The summed E-state index contributed by atoms with van der Waals surface area (Å²) in [6.45, 7) is 1.92. The first-order valence-corrected chi connectivity index (χ1v) is 6.82. The van der Waals surface area contributed by atoms with E-state index in [-0.39, 0.29) is 17.6 Å². The summed E-state index contributed by atoms with van der Waals surface area (Å²) in [5.74, 6) is 1.04. The van der Waals surface area contributed by atoms with Crippen LogP contribution in [0.15, 0.2) is 22.8 Å². The average molecular weight is 274 g/mol. The molecule has 2 heterocycles. The van der Waals surface area contributed by atoms with Crippen LogP contribution in [0, 0.1) is 0 Å². The highest BCUT2D eigenvalue weighted by molar-refractivity contribution is 5.97. The van der Waals surface area contributed by atoms with Crippen LogP contribution >= 0.6 is 0 Å². The third-order valence-electron chi connectivity index (χ3n) is 3.50. The number of hydrogen-bond donors (Lipinski definition) is 3. The van der Waals surface area contributed by atoms with Crippen LogP contribution in [0.1, 0.15) is 47.6 Å². The lowest BCUT2D eigenvalue weighted by atomic mass is 10.1. The van der Waals surface area contributed by atoms with Crippen LogP contribution in [0.3, 0.4) is 0 Å². The van der Waals surface area contributed by atoms with E-state index in [9.17, 15) is 4.79 Å². The number of rotatable bonds is 5. The second-order valence-corrected chi connectivity index (χ2v) is 5.33. The highest BCUT2D eigenvalue weighted by atomic mass is 16.3. The Hall–Kier alpha value is -2.24. The number of nitrogen functional groups attached to an aromatic ring is 1. The van der Waals surface area contributed by atoms with E-state index in [1.807, 2.05) is 19.1 Å². The number of carbonyl (C=O) groups is 1. The molecule has 0 spiro atoms. The molecular formula is C14H18N4O2. The van der Waals surface area contributed by atoms with Gasteiger partial charge in [-0.1, -0.05) is 0 Å². The molecule has 1 aliphatic rings. The first kappa shape index (κ1) is 12.8. The third kappa shape index (κ3) is 2.54. The molecular weight excluding hydrogens is 256 g/mol. The average Bonchev–Trinajstić information content (AvgIpc) is 2.97.